The lowest BCUT2D eigenvalue weighted by atomic mass is 9.95. The molecule has 9 heteroatoms. The number of halogens is 1. The molecule has 0 bridgehead atoms. The first-order valence-electron chi connectivity index (χ1n) is 8.52. The summed E-state index contributed by atoms with van der Waals surface area (Å²) in [5.74, 6) is 0.244. The zero-order valence-corrected chi connectivity index (χ0v) is 14.3. The summed E-state index contributed by atoms with van der Waals surface area (Å²) < 4.78 is 13.1. The minimum atomic E-state index is -0.567. The van der Waals surface area contributed by atoms with Gasteiger partial charge in [-0.1, -0.05) is 25.8 Å². The number of rotatable bonds is 7. The lowest BCUT2D eigenvalue weighted by Gasteiger charge is -2.23. The van der Waals surface area contributed by atoms with Gasteiger partial charge < -0.3 is 26.3 Å². The maximum absolute atomic E-state index is 13.1. The van der Waals surface area contributed by atoms with Crippen LogP contribution < -0.4 is 16.1 Å². The van der Waals surface area contributed by atoms with Gasteiger partial charge in [0.2, 0.25) is 5.95 Å². The fourth-order valence-corrected chi connectivity index (χ4v) is 2.89. The Hall–Kier alpha value is -2.94. The molecule has 0 amide bonds. The zero-order valence-electron chi connectivity index (χ0n) is 14.3. The monoisotopic (exact) mass is 358 g/mol. The number of H-pyrrole nitrogens is 1. The van der Waals surface area contributed by atoms with Crippen LogP contribution in [0, 0.1) is 5.21 Å². The third-order valence-electron chi connectivity index (χ3n) is 4.19. The molecule has 0 saturated heterocycles. The van der Waals surface area contributed by atoms with E-state index in [0.29, 0.717) is 23.0 Å². The van der Waals surface area contributed by atoms with E-state index in [1.165, 1.54) is 25.3 Å². The molecule has 1 aliphatic rings. The van der Waals surface area contributed by atoms with Crippen molar-refractivity contribution in [3.05, 3.63) is 48.0 Å². The van der Waals surface area contributed by atoms with Gasteiger partial charge in [-0.2, -0.15) is 9.97 Å². The highest BCUT2D eigenvalue weighted by molar-refractivity contribution is 5.83. The Kier molecular flexibility index (Phi) is 5.80. The van der Waals surface area contributed by atoms with Crippen molar-refractivity contribution < 1.29 is 4.39 Å². The molecule has 1 aliphatic carbocycles. The normalized spacial score (nSPS) is 16.5. The summed E-state index contributed by atoms with van der Waals surface area (Å²) in [7, 11) is 0. The molecule has 0 aliphatic heterocycles. The van der Waals surface area contributed by atoms with Gasteiger partial charge in [0, 0.05) is 6.04 Å². The Morgan fingerprint density at radius 3 is 2.81 bits per heavy atom. The van der Waals surface area contributed by atoms with Gasteiger partial charge in [-0.3, -0.25) is 0 Å². The van der Waals surface area contributed by atoms with E-state index >= 15 is 0 Å². The van der Waals surface area contributed by atoms with Crippen molar-refractivity contribution in [2.75, 3.05) is 10.6 Å². The number of allylic oxidation sites excluding steroid dienone is 4. The highest BCUT2D eigenvalue weighted by Crippen LogP contribution is 2.25. The molecule has 4 N–H and O–H groups in total. The molecule has 2 aromatic heterocycles. The van der Waals surface area contributed by atoms with E-state index in [1.54, 1.807) is 11.8 Å². The summed E-state index contributed by atoms with van der Waals surface area (Å²) in [5, 5.41) is 17.3. The summed E-state index contributed by atoms with van der Waals surface area (Å²) in [6.45, 7) is 3.31. The predicted molar refractivity (Wildman–Crippen MR) is 99.8 cm³/mol. The van der Waals surface area contributed by atoms with E-state index < -0.39 is 5.83 Å². The average molecular weight is 358 g/mol. The fraction of sp³-hybridized carbons (Fsp3) is 0.353. The van der Waals surface area contributed by atoms with E-state index in [1.807, 2.05) is 0 Å². The zero-order chi connectivity index (χ0) is 18.4. The van der Waals surface area contributed by atoms with Crippen LogP contribution >= 0.6 is 0 Å². The summed E-state index contributed by atoms with van der Waals surface area (Å²) in [6.07, 6.45) is 10.7. The van der Waals surface area contributed by atoms with Crippen LogP contribution in [0.2, 0.25) is 0 Å². The largest absolute Gasteiger partial charge is 0.760 e. The molecular formula is C17H21FN7O-. The number of nitrogens with one attached hydrogen (secondary N) is 4. The third-order valence-corrected chi connectivity index (χ3v) is 4.19. The standard InChI is InChI=1S/C17H21FN7O/c1-2-11(18)8-9-13(25-26)22-17-23-15-14(19-10-20-15)16(24-17)21-12-6-4-3-5-7-12/h2,8-10,12,25H,1,3-7H2,(H3,19,20,21,22,23,24)/q-1/b11-8+,13-9-. The number of aromatic nitrogens is 4. The lowest BCUT2D eigenvalue weighted by Crippen LogP contribution is -2.23. The van der Waals surface area contributed by atoms with Crippen LogP contribution in [0.3, 0.4) is 0 Å². The number of aromatic amines is 1. The molecule has 0 unspecified atom stereocenters. The quantitative estimate of drug-likeness (QED) is 0.442. The van der Waals surface area contributed by atoms with Crippen LogP contribution in [0.4, 0.5) is 16.2 Å². The van der Waals surface area contributed by atoms with E-state index in [9.17, 15) is 9.60 Å². The van der Waals surface area contributed by atoms with Crippen LogP contribution in [0.5, 0.6) is 0 Å². The molecule has 0 aromatic carbocycles. The van der Waals surface area contributed by atoms with Crippen molar-refractivity contribution in [3.8, 4) is 0 Å². The van der Waals surface area contributed by atoms with Crippen molar-refractivity contribution in [1.29, 1.82) is 0 Å². The van der Waals surface area contributed by atoms with Crippen molar-refractivity contribution in [2.45, 2.75) is 38.1 Å². The molecule has 26 heavy (non-hydrogen) atoms. The Labute approximate surface area is 150 Å². The fourth-order valence-electron chi connectivity index (χ4n) is 2.89. The van der Waals surface area contributed by atoms with Crippen molar-refractivity contribution in [2.24, 2.45) is 0 Å². The molecule has 8 nitrogen and oxygen atoms in total. The van der Waals surface area contributed by atoms with Crippen LogP contribution in [-0.2, 0) is 0 Å². The first-order valence-corrected chi connectivity index (χ1v) is 8.52. The second-order valence-electron chi connectivity index (χ2n) is 6.04. The first-order chi connectivity index (χ1) is 12.7. The smallest absolute Gasteiger partial charge is 0.232 e. The Morgan fingerprint density at radius 2 is 2.08 bits per heavy atom. The van der Waals surface area contributed by atoms with Gasteiger partial charge in [0.15, 0.2) is 11.5 Å². The van der Waals surface area contributed by atoms with E-state index in [4.69, 9.17) is 0 Å². The second kappa shape index (κ2) is 8.43. The molecule has 1 saturated carbocycles. The molecule has 0 spiro atoms. The summed E-state index contributed by atoms with van der Waals surface area (Å²) in [5.41, 5.74) is 2.88. The van der Waals surface area contributed by atoms with Crippen molar-refractivity contribution >= 4 is 22.9 Å². The van der Waals surface area contributed by atoms with Gasteiger partial charge in [0.1, 0.15) is 11.3 Å². The van der Waals surface area contributed by atoms with Crippen LogP contribution in [0.25, 0.3) is 11.2 Å². The lowest BCUT2D eigenvalue weighted by molar-refractivity contribution is 0.462. The molecule has 2 heterocycles. The van der Waals surface area contributed by atoms with Gasteiger partial charge in [-0.05, 0) is 31.1 Å². The number of hydroxylamine groups is 1. The van der Waals surface area contributed by atoms with E-state index in [-0.39, 0.29) is 11.8 Å². The topological polar surface area (TPSA) is 114 Å². The molecule has 0 atom stereocenters. The maximum atomic E-state index is 13.1. The van der Waals surface area contributed by atoms with Crippen molar-refractivity contribution in [1.82, 2.24) is 25.4 Å². The molecule has 2 aromatic rings. The molecule has 3 rings (SSSR count). The predicted octanol–water partition coefficient (Wildman–Crippen LogP) is 3.48. The Balaban J connectivity index is 1.85. The second-order valence-corrected chi connectivity index (χ2v) is 6.04. The number of nitrogens with zero attached hydrogens (tertiary/aromatic N) is 3. The first kappa shape index (κ1) is 17.9. The highest BCUT2D eigenvalue weighted by atomic mass is 19.1. The summed E-state index contributed by atoms with van der Waals surface area (Å²) in [6, 6.07) is 0.343. The van der Waals surface area contributed by atoms with Gasteiger partial charge >= 0.3 is 0 Å². The van der Waals surface area contributed by atoms with E-state index in [2.05, 4.69) is 37.1 Å². The SMILES string of the molecule is C=C/C(F)=C\C=C(/N[O-])Nc1nc(NC2CCCCC2)c2[nH]cnc2n1. The number of fused-ring (bicyclic) bond motifs is 1. The van der Waals surface area contributed by atoms with Crippen LogP contribution in [-0.4, -0.2) is 26.0 Å². The molecule has 0 radical (unpaired) electrons. The van der Waals surface area contributed by atoms with Crippen LogP contribution in [0.1, 0.15) is 32.1 Å². The number of hydrogen-bond acceptors (Lipinski definition) is 7. The average Bonchev–Trinajstić information content (AvgIpc) is 3.14. The number of imidazole rings is 1. The van der Waals surface area contributed by atoms with Gasteiger partial charge in [0.25, 0.3) is 0 Å². The van der Waals surface area contributed by atoms with Gasteiger partial charge in [0.05, 0.1) is 12.1 Å². The minimum absolute atomic E-state index is 0.000465. The van der Waals surface area contributed by atoms with Crippen LogP contribution in [0.15, 0.2) is 42.8 Å². The molecule has 138 valence electrons. The third kappa shape index (κ3) is 4.37. The highest BCUT2D eigenvalue weighted by Gasteiger charge is 2.17. The summed E-state index contributed by atoms with van der Waals surface area (Å²) in [4.78, 5) is 15.9. The van der Waals surface area contributed by atoms with Gasteiger partial charge in [-0.15, -0.1) is 0 Å². The number of hydrogen-bond donors (Lipinski definition) is 4. The minimum Gasteiger partial charge on any atom is -0.760 e. The molecule has 1 fully saturated rings. The number of anilines is 2. The molecular weight excluding hydrogens is 337 g/mol. The Morgan fingerprint density at radius 1 is 1.27 bits per heavy atom. The Bertz CT molecular complexity index is 824. The van der Waals surface area contributed by atoms with E-state index in [0.717, 1.165) is 25.0 Å². The maximum Gasteiger partial charge on any atom is 0.232 e. The summed E-state index contributed by atoms with van der Waals surface area (Å²) >= 11 is 0. The van der Waals surface area contributed by atoms with Crippen molar-refractivity contribution in [3.63, 3.8) is 0 Å². The van der Waals surface area contributed by atoms with Gasteiger partial charge in [-0.25, -0.2) is 9.37 Å².